The number of benzene rings is 2. The highest BCUT2D eigenvalue weighted by molar-refractivity contribution is 6.05. The van der Waals surface area contributed by atoms with E-state index in [1.54, 1.807) is 6.07 Å². The van der Waals surface area contributed by atoms with E-state index in [-0.39, 0.29) is 5.91 Å². The molecule has 148 valence electrons. The Bertz CT molecular complexity index is 848. The van der Waals surface area contributed by atoms with Crippen LogP contribution in [0.1, 0.15) is 66.4 Å². The van der Waals surface area contributed by atoms with Gasteiger partial charge in [-0.1, -0.05) is 18.2 Å². The third-order valence-electron chi connectivity index (χ3n) is 6.56. The van der Waals surface area contributed by atoms with E-state index in [1.807, 2.05) is 19.1 Å². The first-order valence-corrected chi connectivity index (χ1v) is 10.4. The van der Waals surface area contributed by atoms with Gasteiger partial charge in [0.2, 0.25) is 0 Å². The van der Waals surface area contributed by atoms with Crippen LogP contribution in [0.5, 0.6) is 0 Å². The number of aryl methyl sites for hydroxylation is 1. The number of amides is 1. The average Bonchev–Trinajstić information content (AvgIpc) is 3.33. The second kappa shape index (κ2) is 8.04. The Labute approximate surface area is 166 Å². The molecular formula is C24H29FN2O. The van der Waals surface area contributed by atoms with Gasteiger partial charge in [0.05, 0.1) is 0 Å². The van der Waals surface area contributed by atoms with E-state index in [1.165, 1.54) is 56.3 Å². The highest BCUT2D eigenvalue weighted by atomic mass is 19.1. The first-order chi connectivity index (χ1) is 13.5. The van der Waals surface area contributed by atoms with Gasteiger partial charge in [-0.15, -0.1) is 0 Å². The Morgan fingerprint density at radius 3 is 2.61 bits per heavy atom. The summed E-state index contributed by atoms with van der Waals surface area (Å²) in [7, 11) is 0. The zero-order chi connectivity index (χ0) is 19.7. The van der Waals surface area contributed by atoms with Crippen molar-refractivity contribution in [3.63, 3.8) is 0 Å². The molecule has 3 nitrogen and oxygen atoms in total. The predicted molar refractivity (Wildman–Crippen MR) is 111 cm³/mol. The van der Waals surface area contributed by atoms with Gasteiger partial charge in [0.15, 0.2) is 0 Å². The zero-order valence-electron chi connectivity index (χ0n) is 16.7. The van der Waals surface area contributed by atoms with Crippen molar-refractivity contribution in [1.29, 1.82) is 0 Å². The van der Waals surface area contributed by atoms with Crippen molar-refractivity contribution >= 4 is 11.6 Å². The minimum Gasteiger partial charge on any atom is -0.322 e. The Balaban J connectivity index is 1.39. The number of carbonyl (C=O) groups excluding carboxylic acids is 1. The van der Waals surface area contributed by atoms with E-state index < -0.39 is 5.82 Å². The summed E-state index contributed by atoms with van der Waals surface area (Å²) in [4.78, 5) is 15.2. The topological polar surface area (TPSA) is 32.3 Å². The largest absolute Gasteiger partial charge is 0.322 e. The summed E-state index contributed by atoms with van der Waals surface area (Å²) >= 11 is 0. The molecular weight excluding hydrogens is 351 g/mol. The van der Waals surface area contributed by atoms with Gasteiger partial charge in [0, 0.05) is 23.3 Å². The van der Waals surface area contributed by atoms with E-state index in [0.29, 0.717) is 11.5 Å². The average molecular weight is 381 g/mol. The molecule has 2 aromatic carbocycles. The Morgan fingerprint density at radius 1 is 1.11 bits per heavy atom. The summed E-state index contributed by atoms with van der Waals surface area (Å²) in [5.74, 6) is -0.0593. The van der Waals surface area contributed by atoms with Crippen LogP contribution in [-0.2, 0) is 0 Å². The summed E-state index contributed by atoms with van der Waals surface area (Å²) in [6.07, 6.45) is 6.43. The second-order valence-corrected chi connectivity index (χ2v) is 8.43. The lowest BCUT2D eigenvalue weighted by Gasteiger charge is -2.28. The van der Waals surface area contributed by atoms with Crippen LogP contribution in [-0.4, -0.2) is 29.4 Å². The van der Waals surface area contributed by atoms with Crippen LogP contribution in [0.3, 0.4) is 0 Å². The molecule has 0 bridgehead atoms. The number of nitrogens with zero attached hydrogens (tertiary/aromatic N) is 1. The summed E-state index contributed by atoms with van der Waals surface area (Å²) < 4.78 is 13.5. The van der Waals surface area contributed by atoms with Gasteiger partial charge in [-0.3, -0.25) is 9.69 Å². The van der Waals surface area contributed by atoms with Gasteiger partial charge >= 0.3 is 0 Å². The molecule has 0 aromatic heterocycles. The quantitative estimate of drug-likeness (QED) is 0.759. The Kier molecular flexibility index (Phi) is 5.49. The molecule has 0 radical (unpaired) electrons. The summed E-state index contributed by atoms with van der Waals surface area (Å²) in [6, 6.07) is 13.9. The molecule has 3 atom stereocenters. The van der Waals surface area contributed by atoms with Crippen LogP contribution in [0.4, 0.5) is 10.1 Å². The van der Waals surface area contributed by atoms with Gasteiger partial charge in [-0.2, -0.15) is 0 Å². The summed E-state index contributed by atoms with van der Waals surface area (Å²) in [5.41, 5.74) is 3.25. The third kappa shape index (κ3) is 3.97. The molecule has 1 amide bonds. The van der Waals surface area contributed by atoms with Crippen molar-refractivity contribution in [1.82, 2.24) is 4.90 Å². The predicted octanol–water partition coefficient (Wildman–Crippen LogP) is 5.51. The van der Waals surface area contributed by atoms with Crippen molar-refractivity contribution in [2.75, 3.05) is 11.9 Å². The molecule has 4 heteroatoms. The molecule has 28 heavy (non-hydrogen) atoms. The van der Waals surface area contributed by atoms with Crippen LogP contribution in [0.2, 0.25) is 0 Å². The van der Waals surface area contributed by atoms with Crippen molar-refractivity contribution in [2.45, 2.75) is 64.0 Å². The maximum Gasteiger partial charge on any atom is 0.256 e. The number of likely N-dealkylation sites (tertiary alicyclic amines) is 1. The first kappa shape index (κ1) is 19.1. The maximum atomic E-state index is 13.5. The molecule has 1 saturated heterocycles. The Morgan fingerprint density at radius 2 is 1.89 bits per heavy atom. The van der Waals surface area contributed by atoms with Gasteiger partial charge < -0.3 is 5.32 Å². The fourth-order valence-corrected chi connectivity index (χ4v) is 4.94. The van der Waals surface area contributed by atoms with Crippen LogP contribution in [0, 0.1) is 12.7 Å². The first-order valence-electron chi connectivity index (χ1n) is 10.4. The zero-order valence-corrected chi connectivity index (χ0v) is 16.7. The number of carbonyl (C=O) groups is 1. The number of rotatable bonds is 4. The van der Waals surface area contributed by atoms with E-state index >= 15 is 0 Å². The molecule has 1 N–H and O–H groups in total. The number of nitrogens with one attached hydrogen (secondary N) is 1. The van der Waals surface area contributed by atoms with Crippen LogP contribution < -0.4 is 5.32 Å². The van der Waals surface area contributed by atoms with Crippen molar-refractivity contribution < 1.29 is 9.18 Å². The molecule has 4 rings (SSSR count). The van der Waals surface area contributed by atoms with Crippen LogP contribution in [0.25, 0.3) is 0 Å². The van der Waals surface area contributed by atoms with E-state index in [0.717, 1.165) is 23.3 Å². The lowest BCUT2D eigenvalue weighted by atomic mass is 9.97. The molecule has 1 aliphatic heterocycles. The maximum absolute atomic E-state index is 13.5. The van der Waals surface area contributed by atoms with E-state index in [4.69, 9.17) is 0 Å². The normalized spacial score (nSPS) is 25.2. The number of halogens is 1. The molecule has 1 aliphatic carbocycles. The standard InChI is InChI=1S/C24H29FN2O/c1-16-5-9-20(25)15-23(16)24(28)26-21-10-6-18(7-11-21)19-8-12-22(14-19)27-13-3-4-17(27)2/h5-7,9-11,15,17,19,22H,3-4,8,12-14H2,1-2H3,(H,26,28)/t17-,19?,22?/m0/s1. The molecule has 1 saturated carbocycles. The summed E-state index contributed by atoms with van der Waals surface area (Å²) in [6.45, 7) is 5.43. The van der Waals surface area contributed by atoms with Gasteiger partial charge in [0.25, 0.3) is 5.91 Å². The molecule has 2 unspecified atom stereocenters. The van der Waals surface area contributed by atoms with Crippen molar-refractivity contribution in [3.8, 4) is 0 Å². The fraction of sp³-hybridized carbons (Fsp3) is 0.458. The van der Waals surface area contributed by atoms with E-state index in [9.17, 15) is 9.18 Å². The number of anilines is 1. The molecule has 2 fully saturated rings. The minimum atomic E-state index is -0.394. The van der Waals surface area contributed by atoms with Gasteiger partial charge in [-0.25, -0.2) is 4.39 Å². The molecule has 1 heterocycles. The summed E-state index contributed by atoms with van der Waals surface area (Å²) in [5, 5.41) is 2.89. The SMILES string of the molecule is Cc1ccc(F)cc1C(=O)Nc1ccc(C2CCC(N3CCC[C@@H]3C)C2)cc1. The highest BCUT2D eigenvalue weighted by Crippen LogP contribution is 2.39. The molecule has 2 aromatic rings. The fourth-order valence-electron chi connectivity index (χ4n) is 4.94. The smallest absolute Gasteiger partial charge is 0.256 e. The van der Waals surface area contributed by atoms with Gasteiger partial charge in [0.1, 0.15) is 5.82 Å². The highest BCUT2D eigenvalue weighted by Gasteiger charge is 2.34. The van der Waals surface area contributed by atoms with E-state index in [2.05, 4.69) is 29.3 Å². The lowest BCUT2D eigenvalue weighted by Crippen LogP contribution is -2.35. The number of hydrogen-bond donors (Lipinski definition) is 1. The molecule has 0 spiro atoms. The van der Waals surface area contributed by atoms with Crippen LogP contribution in [0.15, 0.2) is 42.5 Å². The minimum absolute atomic E-state index is 0.270. The van der Waals surface area contributed by atoms with Crippen molar-refractivity contribution in [2.24, 2.45) is 0 Å². The lowest BCUT2D eigenvalue weighted by molar-refractivity contribution is 0.102. The Hall–Kier alpha value is -2.20. The number of hydrogen-bond acceptors (Lipinski definition) is 2. The van der Waals surface area contributed by atoms with Crippen molar-refractivity contribution in [3.05, 3.63) is 65.0 Å². The van der Waals surface area contributed by atoms with Crippen LogP contribution >= 0.6 is 0 Å². The van der Waals surface area contributed by atoms with Gasteiger partial charge in [-0.05, 0) is 93.8 Å². The second-order valence-electron chi connectivity index (χ2n) is 8.43. The third-order valence-corrected chi connectivity index (χ3v) is 6.56. The monoisotopic (exact) mass is 380 g/mol. The molecule has 2 aliphatic rings.